The minimum atomic E-state index is -0.832. The number of ether oxygens (including phenoxy) is 1. The van der Waals surface area contributed by atoms with Gasteiger partial charge in [-0.15, -0.1) is 0 Å². The zero-order valence-electron chi connectivity index (χ0n) is 10.2. The Balaban J connectivity index is 2.12. The monoisotopic (exact) mass is 297 g/mol. The van der Waals surface area contributed by atoms with Gasteiger partial charge in [0.05, 0.1) is 5.56 Å². The highest BCUT2D eigenvalue weighted by molar-refractivity contribution is 6.30. The van der Waals surface area contributed by atoms with Crippen molar-refractivity contribution in [2.45, 2.75) is 6.61 Å². The van der Waals surface area contributed by atoms with Crippen molar-refractivity contribution in [3.8, 4) is 0 Å². The molecule has 0 saturated carbocycles. The second-order valence-electron chi connectivity index (χ2n) is 4.04. The molecule has 0 heterocycles. The Kier molecular flexibility index (Phi) is 4.20. The molecule has 0 saturated heterocycles. The fourth-order valence-electron chi connectivity index (χ4n) is 1.58. The van der Waals surface area contributed by atoms with Crippen molar-refractivity contribution in [1.29, 1.82) is 0 Å². The van der Waals surface area contributed by atoms with Crippen LogP contribution in [0.5, 0.6) is 0 Å². The summed E-state index contributed by atoms with van der Waals surface area (Å²) in [5, 5.41) is 0.322. The number of anilines is 1. The molecule has 6 heteroatoms. The standard InChI is InChI=1S/C14H10ClF2NO2/c15-9-1-3-12(17)8(5-9)7-20-14(19)11-6-10(16)2-4-13(11)18/h1-6H,7,18H2. The molecule has 0 radical (unpaired) electrons. The molecule has 2 rings (SSSR count). The molecule has 0 aliphatic carbocycles. The van der Waals surface area contributed by atoms with Crippen LogP contribution in [0.2, 0.25) is 5.02 Å². The Morgan fingerprint density at radius 1 is 1.20 bits per heavy atom. The summed E-state index contributed by atoms with van der Waals surface area (Å²) in [5.41, 5.74) is 5.66. The summed E-state index contributed by atoms with van der Waals surface area (Å²) in [7, 11) is 0. The van der Waals surface area contributed by atoms with Crippen LogP contribution in [-0.2, 0) is 11.3 Å². The van der Waals surface area contributed by atoms with Gasteiger partial charge in [0, 0.05) is 16.3 Å². The summed E-state index contributed by atoms with van der Waals surface area (Å²) in [6.07, 6.45) is 0. The number of esters is 1. The van der Waals surface area contributed by atoms with Crippen LogP contribution in [0.15, 0.2) is 36.4 Å². The molecule has 0 unspecified atom stereocenters. The van der Waals surface area contributed by atoms with Gasteiger partial charge < -0.3 is 10.5 Å². The summed E-state index contributed by atoms with van der Waals surface area (Å²) in [6.45, 7) is -0.318. The van der Waals surface area contributed by atoms with E-state index in [0.29, 0.717) is 5.02 Å². The number of nitrogen functional groups attached to an aromatic ring is 1. The maximum Gasteiger partial charge on any atom is 0.340 e. The molecular weight excluding hydrogens is 288 g/mol. The maximum absolute atomic E-state index is 13.4. The summed E-state index contributed by atoms with van der Waals surface area (Å²) < 4.78 is 31.4. The van der Waals surface area contributed by atoms with Crippen LogP contribution in [0.3, 0.4) is 0 Å². The van der Waals surface area contributed by atoms with Crippen molar-refractivity contribution in [3.63, 3.8) is 0 Å². The smallest absolute Gasteiger partial charge is 0.340 e. The first kappa shape index (κ1) is 14.3. The molecule has 0 amide bonds. The van der Waals surface area contributed by atoms with E-state index in [1.165, 1.54) is 24.3 Å². The highest BCUT2D eigenvalue weighted by Gasteiger charge is 2.13. The lowest BCUT2D eigenvalue weighted by atomic mass is 10.2. The van der Waals surface area contributed by atoms with E-state index in [2.05, 4.69) is 0 Å². The van der Waals surface area contributed by atoms with Gasteiger partial charge in [0.1, 0.15) is 18.2 Å². The molecule has 2 aromatic rings. The fraction of sp³-hybridized carbons (Fsp3) is 0.0714. The number of rotatable bonds is 3. The first-order chi connectivity index (χ1) is 9.47. The highest BCUT2D eigenvalue weighted by Crippen LogP contribution is 2.18. The quantitative estimate of drug-likeness (QED) is 0.696. The van der Waals surface area contributed by atoms with E-state index < -0.39 is 17.6 Å². The normalized spacial score (nSPS) is 10.3. The van der Waals surface area contributed by atoms with Crippen LogP contribution in [-0.4, -0.2) is 5.97 Å². The third-order valence-corrected chi connectivity index (χ3v) is 2.84. The second-order valence-corrected chi connectivity index (χ2v) is 4.48. The molecule has 2 aromatic carbocycles. The Morgan fingerprint density at radius 3 is 2.70 bits per heavy atom. The average Bonchev–Trinajstić information content (AvgIpc) is 2.42. The molecule has 2 N–H and O–H groups in total. The zero-order chi connectivity index (χ0) is 14.7. The van der Waals surface area contributed by atoms with Crippen LogP contribution in [0, 0.1) is 11.6 Å². The molecular formula is C14H10ClF2NO2. The number of hydrogen-bond acceptors (Lipinski definition) is 3. The van der Waals surface area contributed by atoms with Crippen molar-refractivity contribution in [2.75, 3.05) is 5.73 Å². The first-order valence-corrected chi connectivity index (χ1v) is 6.01. The number of nitrogens with two attached hydrogens (primary N) is 1. The van der Waals surface area contributed by atoms with Crippen molar-refractivity contribution in [1.82, 2.24) is 0 Å². The van der Waals surface area contributed by atoms with Crippen LogP contribution < -0.4 is 5.73 Å². The second kappa shape index (κ2) is 5.88. The van der Waals surface area contributed by atoms with Gasteiger partial charge in [-0.25, -0.2) is 13.6 Å². The average molecular weight is 298 g/mol. The third kappa shape index (κ3) is 3.24. The number of halogens is 3. The predicted molar refractivity (Wildman–Crippen MR) is 71.3 cm³/mol. The van der Waals surface area contributed by atoms with E-state index in [0.717, 1.165) is 12.1 Å². The minimum Gasteiger partial charge on any atom is -0.457 e. The molecule has 0 fully saturated rings. The maximum atomic E-state index is 13.4. The van der Waals surface area contributed by atoms with Crippen LogP contribution in [0.25, 0.3) is 0 Å². The zero-order valence-corrected chi connectivity index (χ0v) is 11.0. The van der Waals surface area contributed by atoms with Crippen molar-refractivity contribution in [3.05, 3.63) is 64.2 Å². The van der Waals surface area contributed by atoms with E-state index in [1.807, 2.05) is 0 Å². The van der Waals surface area contributed by atoms with Crippen molar-refractivity contribution >= 4 is 23.3 Å². The van der Waals surface area contributed by atoms with Crippen LogP contribution in [0.4, 0.5) is 14.5 Å². The van der Waals surface area contributed by atoms with Crippen molar-refractivity contribution in [2.24, 2.45) is 0 Å². The van der Waals surface area contributed by atoms with Crippen molar-refractivity contribution < 1.29 is 18.3 Å². The Labute approximate surface area is 118 Å². The van der Waals surface area contributed by atoms with Gasteiger partial charge in [-0.05, 0) is 36.4 Å². The molecule has 0 bridgehead atoms. The fourth-order valence-corrected chi connectivity index (χ4v) is 1.77. The number of benzene rings is 2. The molecule has 0 aliphatic heterocycles. The van der Waals surface area contributed by atoms with E-state index in [9.17, 15) is 13.6 Å². The molecule has 0 aliphatic rings. The van der Waals surface area contributed by atoms with Gasteiger partial charge >= 0.3 is 5.97 Å². The molecule has 0 spiro atoms. The molecule has 20 heavy (non-hydrogen) atoms. The lowest BCUT2D eigenvalue weighted by Crippen LogP contribution is -2.09. The first-order valence-electron chi connectivity index (χ1n) is 5.63. The Morgan fingerprint density at radius 2 is 1.95 bits per heavy atom. The lowest BCUT2D eigenvalue weighted by Gasteiger charge is -2.08. The third-order valence-electron chi connectivity index (χ3n) is 2.60. The molecule has 104 valence electrons. The summed E-state index contributed by atoms with van der Waals surface area (Å²) in [6, 6.07) is 7.24. The summed E-state index contributed by atoms with van der Waals surface area (Å²) >= 11 is 5.72. The van der Waals surface area contributed by atoms with Gasteiger partial charge in [0.25, 0.3) is 0 Å². The van der Waals surface area contributed by atoms with E-state index >= 15 is 0 Å². The Bertz CT molecular complexity index is 662. The predicted octanol–water partition coefficient (Wildman–Crippen LogP) is 3.56. The van der Waals surface area contributed by atoms with E-state index in [4.69, 9.17) is 22.1 Å². The number of carbonyl (C=O) groups is 1. The molecule has 0 aromatic heterocycles. The largest absolute Gasteiger partial charge is 0.457 e. The summed E-state index contributed by atoms with van der Waals surface area (Å²) in [5.74, 6) is -1.99. The van der Waals surface area contributed by atoms with Crippen LogP contribution in [0.1, 0.15) is 15.9 Å². The Hall–Kier alpha value is -2.14. The molecule has 3 nitrogen and oxygen atoms in total. The SMILES string of the molecule is Nc1ccc(F)cc1C(=O)OCc1cc(Cl)ccc1F. The molecule has 0 atom stereocenters. The van der Waals surface area contributed by atoms with E-state index in [-0.39, 0.29) is 23.4 Å². The minimum absolute atomic E-state index is 0.0861. The highest BCUT2D eigenvalue weighted by atomic mass is 35.5. The van der Waals surface area contributed by atoms with Crippen LogP contribution >= 0.6 is 11.6 Å². The topological polar surface area (TPSA) is 52.3 Å². The lowest BCUT2D eigenvalue weighted by molar-refractivity contribution is 0.0469. The number of hydrogen-bond donors (Lipinski definition) is 1. The van der Waals surface area contributed by atoms with Gasteiger partial charge in [-0.3, -0.25) is 0 Å². The number of carbonyl (C=O) groups excluding carboxylic acids is 1. The van der Waals surface area contributed by atoms with Gasteiger partial charge in [0.15, 0.2) is 0 Å². The van der Waals surface area contributed by atoms with E-state index in [1.54, 1.807) is 0 Å². The van der Waals surface area contributed by atoms with Gasteiger partial charge in [-0.2, -0.15) is 0 Å². The summed E-state index contributed by atoms with van der Waals surface area (Å²) in [4.78, 5) is 11.8. The van der Waals surface area contributed by atoms with Gasteiger partial charge in [0.2, 0.25) is 0 Å². The van der Waals surface area contributed by atoms with Gasteiger partial charge in [-0.1, -0.05) is 11.6 Å².